The normalized spacial score (nSPS) is 24.7. The molecule has 1 heterocycles. The second kappa shape index (κ2) is 7.39. The van der Waals surface area contributed by atoms with E-state index < -0.39 is 0 Å². The monoisotopic (exact) mass is 293 g/mol. The van der Waals surface area contributed by atoms with E-state index >= 15 is 0 Å². The fourth-order valence-electron chi connectivity index (χ4n) is 3.47. The maximum Gasteiger partial charge on any atom is 0.228 e. The summed E-state index contributed by atoms with van der Waals surface area (Å²) in [6, 6.07) is 0.120. The van der Waals surface area contributed by atoms with Gasteiger partial charge in [-0.3, -0.25) is 0 Å². The Bertz CT molecular complexity index is 419. The highest BCUT2D eigenvalue weighted by atomic mass is 16.5. The average molecular weight is 293 g/mol. The van der Waals surface area contributed by atoms with Crippen molar-refractivity contribution in [2.24, 2.45) is 23.5 Å². The summed E-state index contributed by atoms with van der Waals surface area (Å²) in [7, 11) is 0. The fourth-order valence-corrected chi connectivity index (χ4v) is 3.47. The molecule has 0 aliphatic heterocycles. The van der Waals surface area contributed by atoms with E-state index in [-0.39, 0.29) is 6.04 Å². The van der Waals surface area contributed by atoms with Gasteiger partial charge in [-0.15, -0.1) is 0 Å². The predicted molar refractivity (Wildman–Crippen MR) is 85.0 cm³/mol. The van der Waals surface area contributed by atoms with Crippen molar-refractivity contribution in [1.29, 1.82) is 0 Å². The van der Waals surface area contributed by atoms with Crippen LogP contribution in [-0.2, 0) is 6.42 Å². The summed E-state index contributed by atoms with van der Waals surface area (Å²) < 4.78 is 5.40. The maximum absolute atomic E-state index is 6.12. The average Bonchev–Trinajstić information content (AvgIpc) is 2.86. The van der Waals surface area contributed by atoms with Gasteiger partial charge in [-0.2, -0.15) is 4.98 Å². The van der Waals surface area contributed by atoms with E-state index in [1.54, 1.807) is 0 Å². The summed E-state index contributed by atoms with van der Waals surface area (Å²) in [5.41, 5.74) is 6.12. The molecule has 0 saturated heterocycles. The van der Waals surface area contributed by atoms with Gasteiger partial charge in [0.15, 0.2) is 5.82 Å². The van der Waals surface area contributed by atoms with Crippen molar-refractivity contribution >= 4 is 0 Å². The van der Waals surface area contributed by atoms with Crippen LogP contribution in [0.15, 0.2) is 4.52 Å². The van der Waals surface area contributed by atoms with E-state index in [0.29, 0.717) is 24.1 Å². The molecule has 1 atom stereocenters. The minimum Gasteiger partial charge on any atom is -0.339 e. The first-order chi connectivity index (χ1) is 9.95. The lowest BCUT2D eigenvalue weighted by molar-refractivity contribution is 0.251. The molecule has 1 saturated carbocycles. The molecule has 0 bridgehead atoms. The Morgan fingerprint density at radius 2 is 1.81 bits per heavy atom. The van der Waals surface area contributed by atoms with Crippen LogP contribution < -0.4 is 5.73 Å². The molecule has 1 aliphatic carbocycles. The van der Waals surface area contributed by atoms with Crippen molar-refractivity contribution in [3.8, 4) is 0 Å². The zero-order chi connectivity index (χ0) is 15.4. The van der Waals surface area contributed by atoms with Gasteiger partial charge in [-0.1, -0.05) is 32.9 Å². The zero-order valence-electron chi connectivity index (χ0n) is 14.0. The number of hydrogen-bond donors (Lipinski definition) is 1. The van der Waals surface area contributed by atoms with E-state index in [9.17, 15) is 0 Å². The lowest BCUT2D eigenvalue weighted by Crippen LogP contribution is -2.24. The quantitative estimate of drug-likeness (QED) is 0.863. The van der Waals surface area contributed by atoms with Gasteiger partial charge in [-0.05, 0) is 49.9 Å². The molecule has 4 nitrogen and oxygen atoms in total. The summed E-state index contributed by atoms with van der Waals surface area (Å²) in [5, 5.41) is 4.20. The number of hydrogen-bond acceptors (Lipinski definition) is 4. The Labute approximate surface area is 128 Å². The maximum atomic E-state index is 6.12. The first-order valence-electron chi connectivity index (χ1n) is 8.53. The van der Waals surface area contributed by atoms with Gasteiger partial charge in [0.1, 0.15) is 0 Å². The molecule has 0 spiro atoms. The number of nitrogens with zero attached hydrogens (tertiary/aromatic N) is 2. The van der Waals surface area contributed by atoms with Crippen LogP contribution in [0.2, 0.25) is 0 Å². The summed E-state index contributed by atoms with van der Waals surface area (Å²) in [4.78, 5) is 4.59. The van der Waals surface area contributed by atoms with Gasteiger partial charge < -0.3 is 10.3 Å². The summed E-state index contributed by atoms with van der Waals surface area (Å²) in [5.74, 6) is 4.37. The third-order valence-electron chi connectivity index (χ3n) is 4.77. The lowest BCUT2D eigenvalue weighted by atomic mass is 9.77. The van der Waals surface area contributed by atoms with Gasteiger partial charge in [0.2, 0.25) is 5.89 Å². The van der Waals surface area contributed by atoms with E-state index in [0.717, 1.165) is 24.1 Å². The molecule has 1 aromatic heterocycles. The van der Waals surface area contributed by atoms with Gasteiger partial charge in [-0.25, -0.2) is 0 Å². The van der Waals surface area contributed by atoms with Gasteiger partial charge in [0, 0.05) is 18.4 Å². The molecule has 0 amide bonds. The van der Waals surface area contributed by atoms with Crippen molar-refractivity contribution in [3.05, 3.63) is 11.7 Å². The molecule has 1 aromatic rings. The van der Waals surface area contributed by atoms with Crippen LogP contribution in [-0.4, -0.2) is 16.2 Å². The highest BCUT2D eigenvalue weighted by Crippen LogP contribution is 2.37. The Balaban J connectivity index is 1.86. The minimum atomic E-state index is 0.120. The largest absolute Gasteiger partial charge is 0.339 e. The molecule has 2 rings (SSSR count). The molecule has 120 valence electrons. The third kappa shape index (κ3) is 4.80. The van der Waals surface area contributed by atoms with Crippen molar-refractivity contribution in [2.45, 2.75) is 78.2 Å². The van der Waals surface area contributed by atoms with Crippen molar-refractivity contribution in [3.63, 3.8) is 0 Å². The Morgan fingerprint density at radius 3 is 2.38 bits per heavy atom. The molecule has 1 fully saturated rings. The van der Waals surface area contributed by atoms with Crippen LogP contribution in [0.1, 0.15) is 77.4 Å². The van der Waals surface area contributed by atoms with Crippen LogP contribution in [0.25, 0.3) is 0 Å². The number of nitrogens with two attached hydrogens (primary N) is 1. The van der Waals surface area contributed by atoms with E-state index in [4.69, 9.17) is 10.3 Å². The molecule has 4 heteroatoms. The SMILES string of the molecule is CC(C)CC(N)Cc1nc(C2CCC(C(C)C)CC2)no1. The zero-order valence-corrected chi connectivity index (χ0v) is 14.0. The Kier molecular flexibility index (Phi) is 5.80. The van der Waals surface area contributed by atoms with E-state index in [2.05, 4.69) is 37.8 Å². The third-order valence-corrected chi connectivity index (χ3v) is 4.77. The van der Waals surface area contributed by atoms with E-state index in [1.807, 2.05) is 0 Å². The Hall–Kier alpha value is -0.900. The topological polar surface area (TPSA) is 64.9 Å². The second-order valence-corrected chi connectivity index (χ2v) is 7.50. The lowest BCUT2D eigenvalue weighted by Gasteiger charge is -2.29. The van der Waals surface area contributed by atoms with Crippen LogP contribution in [0.5, 0.6) is 0 Å². The summed E-state index contributed by atoms with van der Waals surface area (Å²) in [6.07, 6.45) is 6.67. The standard InChI is InChI=1S/C17H31N3O/c1-11(2)9-15(18)10-16-19-17(20-21-16)14-7-5-13(6-8-14)12(3)4/h11-15H,5-10,18H2,1-4H3. The van der Waals surface area contributed by atoms with Crippen molar-refractivity contribution in [2.75, 3.05) is 0 Å². The summed E-state index contributed by atoms with van der Waals surface area (Å²) >= 11 is 0. The molecule has 2 N–H and O–H groups in total. The highest BCUT2D eigenvalue weighted by molar-refractivity contribution is 4.99. The molecule has 1 unspecified atom stereocenters. The second-order valence-electron chi connectivity index (χ2n) is 7.50. The molecule has 0 aromatic carbocycles. The predicted octanol–water partition coefficient (Wildman–Crippen LogP) is 3.92. The summed E-state index contributed by atoms with van der Waals surface area (Å²) in [6.45, 7) is 9.03. The van der Waals surface area contributed by atoms with Crippen molar-refractivity contribution < 1.29 is 4.52 Å². The molecule has 1 aliphatic rings. The molecular formula is C17H31N3O. The van der Waals surface area contributed by atoms with Crippen LogP contribution in [0, 0.1) is 17.8 Å². The highest BCUT2D eigenvalue weighted by Gasteiger charge is 2.27. The van der Waals surface area contributed by atoms with Gasteiger partial charge in [0.05, 0.1) is 0 Å². The Morgan fingerprint density at radius 1 is 1.14 bits per heavy atom. The minimum absolute atomic E-state index is 0.120. The number of rotatable bonds is 6. The first-order valence-corrected chi connectivity index (χ1v) is 8.53. The van der Waals surface area contributed by atoms with Crippen LogP contribution in [0.3, 0.4) is 0 Å². The first kappa shape index (κ1) is 16.5. The fraction of sp³-hybridized carbons (Fsp3) is 0.882. The molecular weight excluding hydrogens is 262 g/mol. The van der Waals surface area contributed by atoms with Gasteiger partial charge >= 0.3 is 0 Å². The molecule has 21 heavy (non-hydrogen) atoms. The van der Waals surface area contributed by atoms with Gasteiger partial charge in [0.25, 0.3) is 0 Å². The number of aromatic nitrogens is 2. The van der Waals surface area contributed by atoms with Crippen LogP contribution in [0.4, 0.5) is 0 Å². The molecule has 0 radical (unpaired) electrons. The van der Waals surface area contributed by atoms with Crippen LogP contribution >= 0.6 is 0 Å². The smallest absolute Gasteiger partial charge is 0.228 e. The van der Waals surface area contributed by atoms with E-state index in [1.165, 1.54) is 25.7 Å². The van der Waals surface area contributed by atoms with Crippen molar-refractivity contribution in [1.82, 2.24) is 10.1 Å².